The third-order valence-electron chi connectivity index (χ3n) is 4.60. The molecule has 2 atom stereocenters. The summed E-state index contributed by atoms with van der Waals surface area (Å²) in [6.07, 6.45) is 6.76. The topological polar surface area (TPSA) is 58.4 Å². The van der Waals surface area contributed by atoms with Crippen molar-refractivity contribution in [1.82, 2.24) is 10.2 Å². The first kappa shape index (κ1) is 13.8. The molecule has 0 spiro atoms. The van der Waals surface area contributed by atoms with Crippen molar-refractivity contribution in [3.8, 4) is 0 Å². The summed E-state index contributed by atoms with van der Waals surface area (Å²) >= 11 is 0. The molecule has 2 fully saturated rings. The molecule has 1 saturated carbocycles. The van der Waals surface area contributed by atoms with Gasteiger partial charge in [0.25, 0.3) is 0 Å². The SMILES string of the molecule is CN1CCC(CCNC(=O)C2CCCC2N)CC1. The second-order valence-corrected chi connectivity index (χ2v) is 6.03. The van der Waals surface area contributed by atoms with Gasteiger partial charge in [-0.15, -0.1) is 0 Å². The number of rotatable bonds is 4. The van der Waals surface area contributed by atoms with Crippen LogP contribution in [-0.4, -0.2) is 43.5 Å². The molecule has 3 N–H and O–H groups in total. The minimum atomic E-state index is 0.0717. The average molecular weight is 253 g/mol. The number of hydrogen-bond donors (Lipinski definition) is 2. The van der Waals surface area contributed by atoms with Crippen LogP contribution >= 0.6 is 0 Å². The van der Waals surface area contributed by atoms with Gasteiger partial charge in [-0.1, -0.05) is 6.42 Å². The third kappa shape index (κ3) is 3.69. The Balaban J connectivity index is 1.61. The van der Waals surface area contributed by atoms with Crippen molar-refractivity contribution < 1.29 is 4.79 Å². The van der Waals surface area contributed by atoms with Crippen molar-refractivity contribution in [3.05, 3.63) is 0 Å². The van der Waals surface area contributed by atoms with E-state index >= 15 is 0 Å². The Morgan fingerprint density at radius 2 is 2.00 bits per heavy atom. The van der Waals surface area contributed by atoms with Crippen molar-refractivity contribution in [1.29, 1.82) is 0 Å². The van der Waals surface area contributed by atoms with E-state index in [1.165, 1.54) is 25.9 Å². The number of nitrogens with two attached hydrogens (primary N) is 1. The highest BCUT2D eigenvalue weighted by atomic mass is 16.1. The zero-order chi connectivity index (χ0) is 13.0. The molecule has 1 aliphatic heterocycles. The Morgan fingerprint density at radius 3 is 2.61 bits per heavy atom. The van der Waals surface area contributed by atoms with Crippen LogP contribution in [0.3, 0.4) is 0 Å². The van der Waals surface area contributed by atoms with E-state index in [-0.39, 0.29) is 17.9 Å². The molecule has 1 amide bonds. The Kier molecular flexibility index (Phi) is 5.01. The number of carbonyl (C=O) groups is 1. The van der Waals surface area contributed by atoms with Crippen molar-refractivity contribution >= 4 is 5.91 Å². The largest absolute Gasteiger partial charge is 0.356 e. The second-order valence-electron chi connectivity index (χ2n) is 6.03. The van der Waals surface area contributed by atoms with Crippen LogP contribution in [0.5, 0.6) is 0 Å². The number of amides is 1. The molecular formula is C14H27N3O. The maximum Gasteiger partial charge on any atom is 0.224 e. The van der Waals surface area contributed by atoms with E-state index in [0.29, 0.717) is 0 Å². The second kappa shape index (κ2) is 6.53. The molecular weight excluding hydrogens is 226 g/mol. The van der Waals surface area contributed by atoms with Crippen LogP contribution in [0.4, 0.5) is 0 Å². The van der Waals surface area contributed by atoms with Gasteiger partial charge in [0, 0.05) is 12.6 Å². The summed E-state index contributed by atoms with van der Waals surface area (Å²) in [6.45, 7) is 3.23. The number of carbonyl (C=O) groups excluding carboxylic acids is 1. The fourth-order valence-electron chi connectivity index (χ4n) is 3.20. The van der Waals surface area contributed by atoms with Crippen molar-refractivity contribution in [2.75, 3.05) is 26.7 Å². The fraction of sp³-hybridized carbons (Fsp3) is 0.929. The van der Waals surface area contributed by atoms with Gasteiger partial charge >= 0.3 is 0 Å². The summed E-state index contributed by atoms with van der Waals surface area (Å²) in [5, 5.41) is 3.08. The number of hydrogen-bond acceptors (Lipinski definition) is 3. The molecule has 2 unspecified atom stereocenters. The first-order chi connectivity index (χ1) is 8.66. The molecule has 1 heterocycles. The number of nitrogens with one attached hydrogen (secondary N) is 1. The molecule has 0 radical (unpaired) electrons. The Hall–Kier alpha value is -0.610. The minimum Gasteiger partial charge on any atom is -0.356 e. The molecule has 2 rings (SSSR count). The first-order valence-electron chi connectivity index (χ1n) is 7.38. The first-order valence-corrected chi connectivity index (χ1v) is 7.38. The summed E-state index contributed by atoms with van der Waals surface area (Å²) in [5.41, 5.74) is 5.94. The van der Waals surface area contributed by atoms with E-state index in [1.807, 2.05) is 0 Å². The maximum atomic E-state index is 12.0. The monoisotopic (exact) mass is 253 g/mol. The van der Waals surface area contributed by atoms with Crippen LogP contribution in [-0.2, 0) is 4.79 Å². The molecule has 2 aliphatic rings. The smallest absolute Gasteiger partial charge is 0.224 e. The van der Waals surface area contributed by atoms with Crippen molar-refractivity contribution in [3.63, 3.8) is 0 Å². The summed E-state index contributed by atoms with van der Waals surface area (Å²) in [6, 6.07) is 0.0910. The van der Waals surface area contributed by atoms with Gasteiger partial charge in [-0.3, -0.25) is 4.79 Å². The van der Waals surface area contributed by atoms with Crippen molar-refractivity contribution in [2.24, 2.45) is 17.6 Å². The lowest BCUT2D eigenvalue weighted by Crippen LogP contribution is -2.39. The predicted octanol–water partition coefficient (Wildman–Crippen LogP) is 0.962. The summed E-state index contributed by atoms with van der Waals surface area (Å²) < 4.78 is 0. The van der Waals surface area contributed by atoms with Gasteiger partial charge < -0.3 is 16.0 Å². The van der Waals surface area contributed by atoms with Crippen molar-refractivity contribution in [2.45, 2.75) is 44.6 Å². The lowest BCUT2D eigenvalue weighted by Gasteiger charge is -2.29. The number of nitrogens with zero attached hydrogens (tertiary/aromatic N) is 1. The van der Waals surface area contributed by atoms with E-state index in [1.54, 1.807) is 0 Å². The molecule has 0 aromatic rings. The molecule has 1 saturated heterocycles. The zero-order valence-corrected chi connectivity index (χ0v) is 11.5. The van der Waals surface area contributed by atoms with Crippen LogP contribution in [0.2, 0.25) is 0 Å². The Bertz CT molecular complexity index is 274. The Labute approximate surface area is 110 Å². The van der Waals surface area contributed by atoms with Gasteiger partial charge in [0.15, 0.2) is 0 Å². The highest BCUT2D eigenvalue weighted by Gasteiger charge is 2.30. The van der Waals surface area contributed by atoms with Gasteiger partial charge in [-0.25, -0.2) is 0 Å². The third-order valence-corrected chi connectivity index (χ3v) is 4.60. The highest BCUT2D eigenvalue weighted by molar-refractivity contribution is 5.79. The van der Waals surface area contributed by atoms with E-state index < -0.39 is 0 Å². The molecule has 4 heteroatoms. The van der Waals surface area contributed by atoms with Crippen LogP contribution in [0.25, 0.3) is 0 Å². The van der Waals surface area contributed by atoms with Gasteiger partial charge in [-0.05, 0) is 58.2 Å². The van der Waals surface area contributed by atoms with E-state index in [4.69, 9.17) is 5.73 Å². The lowest BCUT2D eigenvalue weighted by atomic mass is 9.93. The summed E-state index contributed by atoms with van der Waals surface area (Å²) in [7, 11) is 2.18. The predicted molar refractivity (Wildman–Crippen MR) is 73.2 cm³/mol. The van der Waals surface area contributed by atoms with E-state index in [0.717, 1.165) is 38.1 Å². The van der Waals surface area contributed by atoms with Crippen LogP contribution in [0.15, 0.2) is 0 Å². The standard InChI is InChI=1S/C14H27N3O/c1-17-9-6-11(7-10-17)5-8-16-14(18)12-3-2-4-13(12)15/h11-13H,2-10,15H2,1H3,(H,16,18). The molecule has 0 aromatic carbocycles. The van der Waals surface area contributed by atoms with Gasteiger partial charge in [0.2, 0.25) is 5.91 Å². The molecule has 4 nitrogen and oxygen atoms in total. The van der Waals surface area contributed by atoms with Crippen LogP contribution in [0.1, 0.15) is 38.5 Å². The van der Waals surface area contributed by atoms with E-state index in [2.05, 4.69) is 17.3 Å². The minimum absolute atomic E-state index is 0.0717. The van der Waals surface area contributed by atoms with Gasteiger partial charge in [-0.2, -0.15) is 0 Å². The summed E-state index contributed by atoms with van der Waals surface area (Å²) in [5.74, 6) is 1.05. The fourth-order valence-corrected chi connectivity index (χ4v) is 3.20. The normalized spacial score (nSPS) is 30.6. The molecule has 1 aliphatic carbocycles. The maximum absolute atomic E-state index is 12.0. The number of piperidine rings is 1. The zero-order valence-electron chi connectivity index (χ0n) is 11.5. The molecule has 0 aromatic heterocycles. The van der Waals surface area contributed by atoms with Gasteiger partial charge in [0.05, 0.1) is 5.92 Å². The lowest BCUT2D eigenvalue weighted by molar-refractivity contribution is -0.125. The Morgan fingerprint density at radius 1 is 1.28 bits per heavy atom. The van der Waals surface area contributed by atoms with E-state index in [9.17, 15) is 4.79 Å². The quantitative estimate of drug-likeness (QED) is 0.784. The van der Waals surface area contributed by atoms with Gasteiger partial charge in [0.1, 0.15) is 0 Å². The summed E-state index contributed by atoms with van der Waals surface area (Å²) in [4.78, 5) is 14.3. The molecule has 0 bridgehead atoms. The number of likely N-dealkylation sites (tertiary alicyclic amines) is 1. The average Bonchev–Trinajstić information content (AvgIpc) is 2.78. The molecule has 18 heavy (non-hydrogen) atoms. The van der Waals surface area contributed by atoms with Crippen LogP contribution in [0, 0.1) is 11.8 Å². The van der Waals surface area contributed by atoms with Crippen LogP contribution < -0.4 is 11.1 Å². The highest BCUT2D eigenvalue weighted by Crippen LogP contribution is 2.24. The molecule has 104 valence electrons.